The molecule has 0 N–H and O–H groups in total. The van der Waals surface area contributed by atoms with Crippen LogP contribution in [0.4, 0.5) is 5.69 Å². The second-order valence-electron chi connectivity index (χ2n) is 8.56. The third-order valence-electron chi connectivity index (χ3n) is 6.48. The van der Waals surface area contributed by atoms with Gasteiger partial charge in [-0.1, -0.05) is 42.5 Å². The zero-order valence-corrected chi connectivity index (χ0v) is 19.7. The van der Waals surface area contributed by atoms with Gasteiger partial charge in [0.25, 0.3) is 5.91 Å². The van der Waals surface area contributed by atoms with Crippen molar-refractivity contribution < 1.29 is 4.79 Å². The van der Waals surface area contributed by atoms with Crippen LogP contribution in [-0.2, 0) is 6.54 Å². The zero-order chi connectivity index (χ0) is 22.2. The normalized spacial score (nSPS) is 14.3. The highest BCUT2D eigenvalue weighted by atomic mass is 32.1. The largest absolute Gasteiger partial charge is 0.368 e. The van der Waals surface area contributed by atoms with Gasteiger partial charge in [-0.3, -0.25) is 9.48 Å². The number of thiophene rings is 1. The average molecular weight is 445 g/mol. The van der Waals surface area contributed by atoms with Gasteiger partial charge in [0.05, 0.1) is 17.1 Å². The van der Waals surface area contributed by atoms with Gasteiger partial charge >= 0.3 is 0 Å². The van der Waals surface area contributed by atoms with E-state index in [-0.39, 0.29) is 5.91 Å². The summed E-state index contributed by atoms with van der Waals surface area (Å²) in [4.78, 5) is 19.6. The van der Waals surface area contributed by atoms with E-state index in [1.807, 2.05) is 40.8 Å². The molecular formula is C26H28N4OS. The summed E-state index contributed by atoms with van der Waals surface area (Å²) in [7, 11) is 0. The molecule has 1 aliphatic heterocycles. The monoisotopic (exact) mass is 444 g/mol. The predicted molar refractivity (Wildman–Crippen MR) is 132 cm³/mol. The molecule has 164 valence electrons. The van der Waals surface area contributed by atoms with Crippen LogP contribution in [0, 0.1) is 20.8 Å². The standard InChI is InChI=1S/C26H28N4OS/c1-18-8-7-11-23(19(18)2)28-12-14-29(15-13-28)25(31)24-16-22-20(3)27-30(26(22)32-24)17-21-9-5-4-6-10-21/h4-11,16H,12-15,17H2,1-3H3. The number of aromatic nitrogens is 2. The van der Waals surface area contributed by atoms with Gasteiger partial charge in [-0.15, -0.1) is 11.3 Å². The lowest BCUT2D eigenvalue weighted by Gasteiger charge is -2.36. The fourth-order valence-corrected chi connectivity index (χ4v) is 5.59. The molecule has 0 aliphatic carbocycles. The Morgan fingerprint density at radius 2 is 1.72 bits per heavy atom. The van der Waals surface area contributed by atoms with Gasteiger partial charge in [0, 0.05) is 37.3 Å². The first-order valence-electron chi connectivity index (χ1n) is 11.1. The van der Waals surface area contributed by atoms with Crippen molar-refractivity contribution in [1.29, 1.82) is 0 Å². The Labute approximate surface area is 192 Å². The number of hydrogen-bond acceptors (Lipinski definition) is 4. The molecule has 0 bridgehead atoms. The molecule has 1 fully saturated rings. The number of nitrogens with zero attached hydrogens (tertiary/aromatic N) is 4. The topological polar surface area (TPSA) is 41.4 Å². The van der Waals surface area contributed by atoms with E-state index in [4.69, 9.17) is 5.10 Å². The summed E-state index contributed by atoms with van der Waals surface area (Å²) in [6.07, 6.45) is 0. The van der Waals surface area contributed by atoms with Gasteiger partial charge in [-0.25, -0.2) is 0 Å². The Balaban J connectivity index is 1.32. The SMILES string of the molecule is Cc1cccc(N2CCN(C(=O)c3cc4c(C)nn(Cc5ccccc5)c4s3)CC2)c1C. The number of aryl methyl sites for hydroxylation is 2. The molecule has 4 aromatic rings. The van der Waals surface area contributed by atoms with Crippen LogP contribution in [0.2, 0.25) is 0 Å². The maximum atomic E-state index is 13.3. The van der Waals surface area contributed by atoms with Crippen LogP contribution in [0.25, 0.3) is 10.2 Å². The minimum Gasteiger partial charge on any atom is -0.368 e. The lowest BCUT2D eigenvalue weighted by atomic mass is 10.1. The fraction of sp³-hybridized carbons (Fsp3) is 0.308. The summed E-state index contributed by atoms with van der Waals surface area (Å²) in [5, 5.41) is 5.80. The van der Waals surface area contributed by atoms with E-state index in [9.17, 15) is 4.79 Å². The van der Waals surface area contributed by atoms with Crippen LogP contribution in [0.3, 0.4) is 0 Å². The molecule has 5 nitrogen and oxygen atoms in total. The zero-order valence-electron chi connectivity index (χ0n) is 18.8. The van der Waals surface area contributed by atoms with Gasteiger partial charge in [0.2, 0.25) is 0 Å². The van der Waals surface area contributed by atoms with Gasteiger partial charge in [-0.2, -0.15) is 5.10 Å². The van der Waals surface area contributed by atoms with Crippen LogP contribution >= 0.6 is 11.3 Å². The number of benzene rings is 2. The Morgan fingerprint density at radius 1 is 0.969 bits per heavy atom. The van der Waals surface area contributed by atoms with E-state index in [2.05, 4.69) is 49.1 Å². The second-order valence-corrected chi connectivity index (χ2v) is 9.59. The van der Waals surface area contributed by atoms with Crippen LogP contribution < -0.4 is 4.90 Å². The van der Waals surface area contributed by atoms with Crippen molar-refractivity contribution in [2.45, 2.75) is 27.3 Å². The third-order valence-corrected chi connectivity index (χ3v) is 7.61. The molecule has 1 aliphatic rings. The van der Waals surface area contributed by atoms with Crippen molar-refractivity contribution in [3.63, 3.8) is 0 Å². The first kappa shape index (κ1) is 20.8. The lowest BCUT2D eigenvalue weighted by molar-refractivity contribution is 0.0751. The Bertz CT molecular complexity index is 1270. The van der Waals surface area contributed by atoms with Gasteiger partial charge in [-0.05, 0) is 49.6 Å². The van der Waals surface area contributed by atoms with Crippen molar-refractivity contribution in [3.05, 3.63) is 81.9 Å². The molecule has 0 atom stereocenters. The Morgan fingerprint density at radius 3 is 2.47 bits per heavy atom. The molecule has 3 heterocycles. The molecular weight excluding hydrogens is 416 g/mol. The molecule has 0 spiro atoms. The van der Waals surface area contributed by atoms with E-state index >= 15 is 0 Å². The van der Waals surface area contributed by atoms with E-state index in [1.165, 1.54) is 22.4 Å². The van der Waals surface area contributed by atoms with E-state index in [0.29, 0.717) is 6.54 Å². The minimum atomic E-state index is 0.137. The number of amides is 1. The van der Waals surface area contributed by atoms with Crippen LogP contribution in [0.5, 0.6) is 0 Å². The van der Waals surface area contributed by atoms with Crippen molar-refractivity contribution in [3.8, 4) is 0 Å². The summed E-state index contributed by atoms with van der Waals surface area (Å²) in [5.74, 6) is 0.137. The van der Waals surface area contributed by atoms with E-state index < -0.39 is 0 Å². The Kier molecular flexibility index (Phi) is 5.47. The maximum Gasteiger partial charge on any atom is 0.264 e. The second kappa shape index (κ2) is 8.43. The van der Waals surface area contributed by atoms with Crippen molar-refractivity contribution in [1.82, 2.24) is 14.7 Å². The lowest BCUT2D eigenvalue weighted by Crippen LogP contribution is -2.48. The summed E-state index contributed by atoms with van der Waals surface area (Å²) in [6, 6.07) is 18.8. The number of rotatable bonds is 4. The molecule has 6 heteroatoms. The quantitative estimate of drug-likeness (QED) is 0.443. The first-order valence-corrected chi connectivity index (χ1v) is 11.9. The summed E-state index contributed by atoms with van der Waals surface area (Å²) in [6.45, 7) is 10.3. The average Bonchev–Trinajstić information content (AvgIpc) is 3.37. The van der Waals surface area contributed by atoms with Crippen LogP contribution in [0.1, 0.15) is 32.1 Å². The number of anilines is 1. The molecule has 2 aromatic heterocycles. The molecule has 0 unspecified atom stereocenters. The molecule has 0 radical (unpaired) electrons. The van der Waals surface area contributed by atoms with E-state index in [0.717, 1.165) is 47.0 Å². The summed E-state index contributed by atoms with van der Waals surface area (Å²) in [5.41, 5.74) is 6.11. The number of fused-ring (bicyclic) bond motifs is 1. The minimum absolute atomic E-state index is 0.137. The van der Waals surface area contributed by atoms with Crippen molar-refractivity contribution in [2.75, 3.05) is 31.1 Å². The first-order chi connectivity index (χ1) is 15.5. The van der Waals surface area contributed by atoms with E-state index in [1.54, 1.807) is 11.3 Å². The molecule has 5 rings (SSSR count). The number of piperazine rings is 1. The number of carbonyl (C=O) groups excluding carboxylic acids is 1. The highest BCUT2D eigenvalue weighted by Crippen LogP contribution is 2.30. The fourth-order valence-electron chi connectivity index (χ4n) is 4.47. The highest BCUT2D eigenvalue weighted by Gasteiger charge is 2.25. The van der Waals surface area contributed by atoms with Crippen molar-refractivity contribution in [2.24, 2.45) is 0 Å². The van der Waals surface area contributed by atoms with Gasteiger partial charge in [0.15, 0.2) is 0 Å². The Hall–Kier alpha value is -3.12. The number of carbonyl (C=O) groups is 1. The maximum absolute atomic E-state index is 13.3. The van der Waals surface area contributed by atoms with Crippen LogP contribution in [0.15, 0.2) is 54.6 Å². The highest BCUT2D eigenvalue weighted by molar-refractivity contribution is 7.20. The summed E-state index contributed by atoms with van der Waals surface area (Å²) < 4.78 is 2.03. The molecule has 1 saturated heterocycles. The van der Waals surface area contributed by atoms with Gasteiger partial charge in [0.1, 0.15) is 4.83 Å². The predicted octanol–water partition coefficient (Wildman–Crippen LogP) is 5.03. The number of hydrogen-bond donors (Lipinski definition) is 0. The third kappa shape index (κ3) is 3.79. The van der Waals surface area contributed by atoms with Crippen LogP contribution in [-0.4, -0.2) is 46.8 Å². The van der Waals surface area contributed by atoms with Gasteiger partial charge < -0.3 is 9.80 Å². The smallest absolute Gasteiger partial charge is 0.264 e. The van der Waals surface area contributed by atoms with Crippen molar-refractivity contribution >= 4 is 33.1 Å². The molecule has 0 saturated carbocycles. The molecule has 32 heavy (non-hydrogen) atoms. The molecule has 1 amide bonds. The summed E-state index contributed by atoms with van der Waals surface area (Å²) >= 11 is 1.56. The molecule has 2 aromatic carbocycles.